The van der Waals surface area contributed by atoms with E-state index in [4.69, 9.17) is 37.4 Å². The van der Waals surface area contributed by atoms with Gasteiger partial charge in [0.25, 0.3) is 5.91 Å². The lowest BCUT2D eigenvalue weighted by atomic mass is 9.97. The fraction of sp³-hybridized carbons (Fsp3) is 0.269. The van der Waals surface area contributed by atoms with E-state index in [9.17, 15) is 9.18 Å². The van der Waals surface area contributed by atoms with Crippen LogP contribution in [0.4, 0.5) is 8.78 Å². The van der Waals surface area contributed by atoms with Crippen molar-refractivity contribution in [2.24, 2.45) is 0 Å². The summed E-state index contributed by atoms with van der Waals surface area (Å²) >= 11 is 12.6. The first-order valence-electron chi connectivity index (χ1n) is 11.1. The fourth-order valence-electron chi connectivity index (χ4n) is 4.62. The zero-order valence-corrected chi connectivity index (χ0v) is 20.2. The normalized spacial score (nSPS) is 20.9. The van der Waals surface area contributed by atoms with Gasteiger partial charge in [0.05, 0.1) is 28.8 Å². The van der Waals surface area contributed by atoms with Gasteiger partial charge in [-0.25, -0.2) is 8.78 Å². The van der Waals surface area contributed by atoms with Crippen LogP contribution in [0.15, 0.2) is 54.6 Å². The summed E-state index contributed by atoms with van der Waals surface area (Å²) < 4.78 is 46.6. The van der Waals surface area contributed by atoms with E-state index >= 15 is 4.39 Å². The molecule has 5 rings (SSSR count). The number of likely N-dealkylation sites (tertiary alicyclic amines) is 1. The van der Waals surface area contributed by atoms with E-state index < -0.39 is 23.3 Å². The van der Waals surface area contributed by atoms with Crippen molar-refractivity contribution < 1.29 is 27.8 Å². The van der Waals surface area contributed by atoms with Crippen LogP contribution in [0.1, 0.15) is 34.3 Å². The van der Waals surface area contributed by atoms with Gasteiger partial charge < -0.3 is 19.1 Å². The van der Waals surface area contributed by atoms with Gasteiger partial charge in [-0.2, -0.15) is 0 Å². The third kappa shape index (κ3) is 4.22. The van der Waals surface area contributed by atoms with Crippen molar-refractivity contribution in [2.45, 2.75) is 24.7 Å². The minimum Gasteiger partial charge on any atom is -0.440 e. The minimum atomic E-state index is -1.64. The second-order valence-corrected chi connectivity index (χ2v) is 9.32. The number of nitrogens with zero attached hydrogens (tertiary/aromatic N) is 1. The zero-order chi connectivity index (χ0) is 24.7. The van der Waals surface area contributed by atoms with E-state index in [0.29, 0.717) is 29.3 Å². The molecule has 0 aliphatic carbocycles. The second-order valence-electron chi connectivity index (χ2n) is 8.48. The Morgan fingerprint density at radius 2 is 1.80 bits per heavy atom. The van der Waals surface area contributed by atoms with Crippen LogP contribution in [0.2, 0.25) is 10.0 Å². The van der Waals surface area contributed by atoms with Gasteiger partial charge in [0.1, 0.15) is 11.6 Å². The van der Waals surface area contributed by atoms with Gasteiger partial charge in [-0.3, -0.25) is 4.79 Å². The Hall–Kier alpha value is -2.87. The van der Waals surface area contributed by atoms with Crippen LogP contribution in [0.3, 0.4) is 0 Å². The quantitative estimate of drug-likeness (QED) is 0.403. The molecule has 0 spiro atoms. The monoisotopic (exact) mass is 519 g/mol. The summed E-state index contributed by atoms with van der Waals surface area (Å²) in [5, 5.41) is 0.643. The van der Waals surface area contributed by atoms with Crippen LogP contribution >= 0.6 is 23.2 Å². The molecule has 2 unspecified atom stereocenters. The number of amides is 1. The Labute approximate surface area is 211 Å². The maximum absolute atomic E-state index is 15.2. The zero-order valence-electron chi connectivity index (χ0n) is 18.7. The lowest BCUT2D eigenvalue weighted by molar-refractivity contribution is -0.0459. The van der Waals surface area contributed by atoms with Gasteiger partial charge >= 0.3 is 5.79 Å². The van der Waals surface area contributed by atoms with E-state index in [1.165, 1.54) is 36.4 Å². The minimum absolute atomic E-state index is 0.0873. The number of fused-ring (bicyclic) bond motifs is 1. The molecule has 0 bridgehead atoms. The molecule has 0 N–H and O–H groups in total. The maximum Gasteiger partial charge on any atom is 0.307 e. The molecule has 5 nitrogen and oxygen atoms in total. The van der Waals surface area contributed by atoms with Crippen LogP contribution in [0.25, 0.3) is 0 Å². The van der Waals surface area contributed by atoms with Gasteiger partial charge in [-0.05, 0) is 61.4 Å². The molecule has 2 heterocycles. The molecule has 182 valence electrons. The molecule has 0 aromatic heterocycles. The molecule has 0 saturated carbocycles. The molecule has 2 atom stereocenters. The summed E-state index contributed by atoms with van der Waals surface area (Å²) in [6.45, 7) is 0.890. The Bertz CT molecular complexity index is 1290. The van der Waals surface area contributed by atoms with Gasteiger partial charge in [-0.15, -0.1) is 0 Å². The van der Waals surface area contributed by atoms with Gasteiger partial charge in [0, 0.05) is 30.3 Å². The maximum atomic E-state index is 15.2. The highest BCUT2D eigenvalue weighted by atomic mass is 35.5. The average molecular weight is 520 g/mol. The summed E-state index contributed by atoms with van der Waals surface area (Å²) in [6, 6.07) is 12.6. The summed E-state index contributed by atoms with van der Waals surface area (Å²) in [6.07, 6.45) is 1.60. The van der Waals surface area contributed by atoms with Crippen LogP contribution in [0.5, 0.6) is 11.5 Å². The third-order valence-electron chi connectivity index (χ3n) is 6.28. The molecule has 35 heavy (non-hydrogen) atoms. The first-order valence-corrected chi connectivity index (χ1v) is 11.8. The second kappa shape index (κ2) is 9.30. The lowest BCUT2D eigenvalue weighted by Gasteiger charge is -2.29. The number of ether oxygens (including phenoxy) is 3. The number of rotatable bonds is 5. The van der Waals surface area contributed by atoms with Gasteiger partial charge in [0.2, 0.25) is 0 Å². The van der Waals surface area contributed by atoms with E-state index in [1.54, 1.807) is 24.1 Å². The number of hydrogen-bond donors (Lipinski definition) is 0. The summed E-state index contributed by atoms with van der Waals surface area (Å²) in [7, 11) is 1.57. The molecule has 1 saturated heterocycles. The topological polar surface area (TPSA) is 48.0 Å². The molecule has 2 aliphatic rings. The molecular formula is C26H21Cl2F2NO4. The molecule has 3 aromatic carbocycles. The van der Waals surface area contributed by atoms with E-state index in [-0.39, 0.29) is 28.1 Å². The highest BCUT2D eigenvalue weighted by Gasteiger charge is 2.48. The first-order chi connectivity index (χ1) is 16.8. The molecule has 3 aromatic rings. The van der Waals surface area contributed by atoms with Crippen molar-refractivity contribution in [3.8, 4) is 11.5 Å². The number of benzene rings is 3. The predicted octanol–water partition coefficient (Wildman–Crippen LogP) is 6.20. The Morgan fingerprint density at radius 1 is 1.09 bits per heavy atom. The van der Waals surface area contributed by atoms with Crippen LogP contribution in [-0.4, -0.2) is 37.1 Å². The summed E-state index contributed by atoms with van der Waals surface area (Å²) in [5.74, 6) is -3.03. The molecular weight excluding hydrogens is 499 g/mol. The first kappa shape index (κ1) is 23.9. The summed E-state index contributed by atoms with van der Waals surface area (Å²) in [5.41, 5.74) is 0.680. The van der Waals surface area contributed by atoms with E-state index in [1.807, 2.05) is 0 Å². The summed E-state index contributed by atoms with van der Waals surface area (Å²) in [4.78, 5) is 14.9. The van der Waals surface area contributed by atoms with Crippen molar-refractivity contribution in [1.82, 2.24) is 4.90 Å². The largest absolute Gasteiger partial charge is 0.440 e. The number of methoxy groups -OCH3 is 1. The predicted molar refractivity (Wildman–Crippen MR) is 127 cm³/mol. The number of halogens is 4. The molecule has 2 aliphatic heterocycles. The van der Waals surface area contributed by atoms with Crippen molar-refractivity contribution in [2.75, 3.05) is 20.3 Å². The number of carbonyl (C=O) groups is 1. The van der Waals surface area contributed by atoms with Crippen LogP contribution < -0.4 is 9.47 Å². The SMILES string of the molecule is COCC1CCCN1C(=O)c1cc2c(cc1F)OC(c1ccc(F)cc1)(c1ccc(Cl)cc1Cl)O2. The average Bonchev–Trinajstić information content (AvgIpc) is 3.43. The van der Waals surface area contributed by atoms with Crippen molar-refractivity contribution in [1.29, 1.82) is 0 Å². The van der Waals surface area contributed by atoms with Crippen LogP contribution in [0, 0.1) is 11.6 Å². The Morgan fingerprint density at radius 3 is 2.49 bits per heavy atom. The van der Waals surface area contributed by atoms with Crippen LogP contribution in [-0.2, 0) is 10.5 Å². The Balaban J connectivity index is 1.57. The van der Waals surface area contributed by atoms with Crippen molar-refractivity contribution >= 4 is 29.1 Å². The molecule has 1 amide bonds. The molecule has 9 heteroatoms. The van der Waals surface area contributed by atoms with Gasteiger partial charge in [-0.1, -0.05) is 23.2 Å². The smallest absolute Gasteiger partial charge is 0.307 e. The standard InChI is InChI=1S/C26H21Cl2F2NO4/c1-33-14-18-3-2-10-31(18)25(32)19-12-23-24(13-22(19)30)35-26(34-23,15-4-7-17(29)8-5-15)20-9-6-16(27)11-21(20)28/h4-9,11-13,18H,2-3,10,14H2,1H3. The number of carbonyl (C=O) groups excluding carboxylic acids is 1. The highest BCUT2D eigenvalue weighted by Crippen LogP contribution is 2.50. The van der Waals surface area contributed by atoms with Crippen molar-refractivity contribution in [3.63, 3.8) is 0 Å². The number of hydrogen-bond acceptors (Lipinski definition) is 4. The third-order valence-corrected chi connectivity index (χ3v) is 6.83. The van der Waals surface area contributed by atoms with E-state index in [0.717, 1.165) is 18.9 Å². The lowest BCUT2D eigenvalue weighted by Crippen LogP contribution is -2.38. The van der Waals surface area contributed by atoms with E-state index in [2.05, 4.69) is 0 Å². The molecule has 0 radical (unpaired) electrons. The van der Waals surface area contributed by atoms with Crippen molar-refractivity contribution in [3.05, 3.63) is 93.0 Å². The highest BCUT2D eigenvalue weighted by molar-refractivity contribution is 6.35. The molecule has 1 fully saturated rings. The fourth-order valence-corrected chi connectivity index (χ4v) is 5.15. The Kier molecular flexibility index (Phi) is 6.34. The van der Waals surface area contributed by atoms with Gasteiger partial charge in [0.15, 0.2) is 11.5 Å².